The lowest BCUT2D eigenvalue weighted by Gasteiger charge is -2.13. The van der Waals surface area contributed by atoms with E-state index in [1.807, 2.05) is 97.1 Å². The number of nitrogens with one attached hydrogen (secondary N) is 2. The van der Waals surface area contributed by atoms with Crippen molar-refractivity contribution in [3.05, 3.63) is 142 Å². The van der Waals surface area contributed by atoms with Gasteiger partial charge in [0, 0.05) is 44.3 Å². The molecule has 382 valence electrons. The first-order valence-electron chi connectivity index (χ1n) is 24.7. The summed E-state index contributed by atoms with van der Waals surface area (Å²) in [5.41, 5.74) is 13.0. The predicted molar refractivity (Wildman–Crippen MR) is 314 cm³/mol. The molecule has 4 radical (unpaired) electrons. The zero-order valence-corrected chi connectivity index (χ0v) is 48.7. The van der Waals surface area contributed by atoms with Crippen LogP contribution < -0.4 is 20.7 Å². The lowest BCUT2D eigenvalue weighted by Crippen LogP contribution is -2.24. The molecule has 2 aliphatic heterocycles. The van der Waals surface area contributed by atoms with E-state index in [0.29, 0.717) is 67.1 Å². The Balaban J connectivity index is 1.53. The monoisotopic (exact) mass is 1070 g/mol. The number of carbonyl (C=O) groups is 4. The molecule has 3 aromatic heterocycles. The number of hydrogen-bond acceptors (Lipinski definition) is 10. The van der Waals surface area contributed by atoms with Crippen molar-refractivity contribution in [1.29, 1.82) is 0 Å². The van der Waals surface area contributed by atoms with Crippen molar-refractivity contribution in [1.82, 2.24) is 19.9 Å². The molecular formula is C60H58N4O8Si4. The summed E-state index contributed by atoms with van der Waals surface area (Å²) in [5, 5.41) is 4.14. The molecule has 0 fully saturated rings. The highest BCUT2D eigenvalue weighted by molar-refractivity contribution is 6.72. The minimum atomic E-state index is -1.09. The standard InChI is InChI=1S/C60H58N4O8Si4/c1-69-57(65)37-21-33(25-41(29-37)73(5)6)53-45-13-15-47(61-45)54(34-22-38(58(66)70-2)30-42(26-34)74(7)8)49-17-19-51(63-49)56(36-24-40(60(68)72-4)32-44(28-36)76(11)12)52-20-18-50(64-52)55(48-16-14-46(53)62-48)35-23-39(59(67)71-3)31-43(27-35)75(9)10/h13-32,61,64H,1-12H3. The largest absolute Gasteiger partial charge is 0.465 e. The molecule has 9 rings (SSSR count). The Morgan fingerprint density at radius 2 is 0.553 bits per heavy atom. The topological polar surface area (TPSA) is 163 Å². The number of benzene rings is 4. The van der Waals surface area contributed by atoms with Gasteiger partial charge in [-0.05, 0) is 119 Å². The summed E-state index contributed by atoms with van der Waals surface area (Å²) in [7, 11) is 1.18. The summed E-state index contributed by atoms with van der Waals surface area (Å²) < 4.78 is 21.3. The molecule has 0 spiro atoms. The average molecular weight is 1080 g/mol. The number of ether oxygens (including phenoxy) is 4. The van der Waals surface area contributed by atoms with Crippen LogP contribution in [0, 0.1) is 0 Å². The van der Waals surface area contributed by atoms with Crippen molar-refractivity contribution in [3.8, 4) is 44.5 Å². The molecule has 2 aliphatic rings. The highest BCUT2D eigenvalue weighted by Gasteiger charge is 2.24. The maximum Gasteiger partial charge on any atom is 0.337 e. The summed E-state index contributed by atoms with van der Waals surface area (Å²) in [6.07, 6.45) is 7.95. The molecule has 76 heavy (non-hydrogen) atoms. The Labute approximate surface area is 449 Å². The van der Waals surface area contributed by atoms with E-state index in [1.165, 1.54) is 28.4 Å². The second-order valence-electron chi connectivity index (χ2n) is 19.7. The average Bonchev–Trinajstić information content (AvgIpc) is 4.28. The normalized spacial score (nSPS) is 12.0. The highest BCUT2D eigenvalue weighted by atomic mass is 28.3. The van der Waals surface area contributed by atoms with Gasteiger partial charge in [0.1, 0.15) is 0 Å². The van der Waals surface area contributed by atoms with Crippen LogP contribution in [0.4, 0.5) is 0 Å². The number of rotatable bonds is 12. The summed E-state index contributed by atoms with van der Waals surface area (Å²) in [5.74, 6) is -1.80. The first-order valence-corrected chi connectivity index (χ1v) is 34.7. The summed E-state index contributed by atoms with van der Waals surface area (Å²) in [6.45, 7) is 17.5. The van der Waals surface area contributed by atoms with Crippen molar-refractivity contribution in [2.45, 2.75) is 52.4 Å². The van der Waals surface area contributed by atoms with Crippen LogP contribution in [0.25, 0.3) is 90.9 Å². The molecule has 0 aliphatic carbocycles. The van der Waals surface area contributed by atoms with E-state index >= 15 is 0 Å². The minimum Gasteiger partial charge on any atom is -0.465 e. The van der Waals surface area contributed by atoms with E-state index in [9.17, 15) is 19.2 Å². The van der Waals surface area contributed by atoms with Crippen molar-refractivity contribution < 1.29 is 38.1 Å². The van der Waals surface area contributed by atoms with Crippen LogP contribution in [-0.4, -0.2) is 107 Å². The molecule has 0 amide bonds. The SMILES string of the molecule is COC(=O)c1cc(-c2c3nc(c(-c4cc(C(=O)OC)cc([Si](C)C)c4)c4ccc([nH]4)c(-c4cc(C(=O)OC)cc([Si](C)C)c4)c4nc(c(-c5cc(C(=O)OC)cc([Si](C)C)c5)c5ccc2[nH]5)C=C4)C=C3)cc([Si](C)C)c1. The second kappa shape index (κ2) is 21.8. The van der Waals surface area contributed by atoms with Crippen LogP contribution in [0.1, 0.15) is 64.2 Å². The third kappa shape index (κ3) is 10.4. The van der Waals surface area contributed by atoms with Gasteiger partial charge in [-0.1, -0.05) is 97.4 Å². The Morgan fingerprint density at radius 3 is 0.737 bits per heavy atom. The van der Waals surface area contributed by atoms with Crippen LogP contribution in [0.3, 0.4) is 0 Å². The molecule has 0 saturated carbocycles. The molecule has 4 aromatic carbocycles. The number of hydrogen-bond donors (Lipinski definition) is 2. The Bertz CT molecular complexity index is 3300. The number of aromatic nitrogens is 4. The van der Waals surface area contributed by atoms with Crippen LogP contribution in [-0.2, 0) is 18.9 Å². The van der Waals surface area contributed by atoms with Crippen molar-refractivity contribution in [2.75, 3.05) is 28.4 Å². The summed E-state index contributed by atoms with van der Waals surface area (Å²) in [6, 6.07) is 31.7. The van der Waals surface area contributed by atoms with E-state index in [1.54, 1.807) is 0 Å². The third-order valence-corrected chi connectivity index (χ3v) is 19.4. The predicted octanol–water partition coefficient (Wildman–Crippen LogP) is 10.3. The van der Waals surface area contributed by atoms with E-state index in [0.717, 1.165) is 65.3 Å². The van der Waals surface area contributed by atoms with Crippen molar-refractivity contribution in [2.24, 2.45) is 0 Å². The number of nitrogens with zero attached hydrogens (tertiary/aromatic N) is 2. The van der Waals surface area contributed by atoms with E-state index in [4.69, 9.17) is 28.9 Å². The molecule has 0 saturated heterocycles. The van der Waals surface area contributed by atoms with Gasteiger partial charge in [-0.2, -0.15) is 0 Å². The van der Waals surface area contributed by atoms with E-state index in [-0.39, 0.29) is 0 Å². The molecule has 2 N–H and O–H groups in total. The number of methoxy groups -OCH3 is 4. The van der Waals surface area contributed by atoms with E-state index < -0.39 is 59.1 Å². The lowest BCUT2D eigenvalue weighted by atomic mass is 10.0. The minimum absolute atomic E-state index is 0.422. The Hall–Kier alpha value is -7.77. The first kappa shape index (κ1) is 53.1. The number of aromatic amines is 2. The zero-order valence-electron chi connectivity index (χ0n) is 44.7. The fourth-order valence-corrected chi connectivity index (χ4v) is 13.2. The van der Waals surface area contributed by atoms with Crippen LogP contribution in [0.5, 0.6) is 0 Å². The smallest absolute Gasteiger partial charge is 0.337 e. The molecular weight excluding hydrogens is 1020 g/mol. The van der Waals surface area contributed by atoms with Gasteiger partial charge in [0.2, 0.25) is 0 Å². The van der Waals surface area contributed by atoms with Crippen LogP contribution >= 0.6 is 0 Å². The molecule has 12 nitrogen and oxygen atoms in total. The van der Waals surface area contributed by atoms with Gasteiger partial charge < -0.3 is 28.9 Å². The number of carbonyl (C=O) groups excluding carboxylic acids is 4. The Morgan fingerprint density at radius 1 is 0.342 bits per heavy atom. The van der Waals surface area contributed by atoms with Crippen LogP contribution in [0.15, 0.2) is 97.1 Å². The molecule has 0 atom stereocenters. The maximum absolute atomic E-state index is 13.5. The third-order valence-electron chi connectivity index (χ3n) is 13.6. The number of esters is 4. The first-order chi connectivity index (χ1) is 36.4. The van der Waals surface area contributed by atoms with Gasteiger partial charge in [-0.3, -0.25) is 0 Å². The van der Waals surface area contributed by atoms with Crippen molar-refractivity contribution >= 4 is 126 Å². The quantitative estimate of drug-likeness (QED) is 0.0684. The maximum atomic E-state index is 13.5. The second-order valence-corrected chi connectivity index (χ2v) is 30.0. The fraction of sp³-hybridized carbons (Fsp3) is 0.200. The van der Waals surface area contributed by atoms with Gasteiger partial charge in [0.25, 0.3) is 0 Å². The molecule has 7 aromatic rings. The summed E-state index contributed by atoms with van der Waals surface area (Å²) >= 11 is 0. The number of H-pyrrole nitrogens is 2. The summed E-state index contributed by atoms with van der Waals surface area (Å²) in [4.78, 5) is 72.5. The van der Waals surface area contributed by atoms with E-state index in [2.05, 4.69) is 86.6 Å². The molecule has 5 heterocycles. The molecule has 16 heteroatoms. The van der Waals surface area contributed by atoms with Gasteiger partial charge >= 0.3 is 23.9 Å². The molecule has 0 unspecified atom stereocenters. The van der Waals surface area contributed by atoms with Crippen LogP contribution in [0.2, 0.25) is 52.4 Å². The van der Waals surface area contributed by atoms with Gasteiger partial charge in [0.15, 0.2) is 0 Å². The lowest BCUT2D eigenvalue weighted by molar-refractivity contribution is 0.0592. The molecule has 8 bridgehead atoms. The van der Waals surface area contributed by atoms with Gasteiger partial charge in [-0.25, -0.2) is 29.1 Å². The van der Waals surface area contributed by atoms with Crippen molar-refractivity contribution in [3.63, 3.8) is 0 Å². The fourth-order valence-electron chi connectivity index (χ4n) is 9.61. The van der Waals surface area contributed by atoms with Gasteiger partial charge in [0.05, 0.1) is 109 Å². The van der Waals surface area contributed by atoms with Gasteiger partial charge in [-0.15, -0.1) is 0 Å². The zero-order chi connectivity index (χ0) is 54.3. The highest BCUT2D eigenvalue weighted by Crippen LogP contribution is 2.39. The number of fused-ring (bicyclic) bond motifs is 8. The Kier molecular flexibility index (Phi) is 15.2.